The maximum absolute atomic E-state index is 12.4. The van der Waals surface area contributed by atoms with Crippen molar-refractivity contribution in [3.8, 4) is 17.5 Å². The summed E-state index contributed by atoms with van der Waals surface area (Å²) in [6, 6.07) is 27.6. The van der Waals surface area contributed by atoms with Gasteiger partial charge in [0.2, 0.25) is 11.8 Å². The first-order valence-electron chi connectivity index (χ1n) is 27.8. The SMILES string of the molecule is CC(=O)CC(Cc1cc(OCCc2ccc3c(n2)CCCC3)n(C)n1)c1cccc(C(C)(C)C)c1.COc1ccc(C2(OC)CCOCC2)cc1C(CC(C)=O)Cc1cc(OCCc2ccc3c(n2)CCCC3)n(C)n1. The number of fused-ring (bicyclic) bond motifs is 2. The molecule has 0 N–H and O–H groups in total. The number of pyridine rings is 2. The van der Waals surface area contributed by atoms with Crippen LogP contribution in [0.25, 0.3) is 0 Å². The molecule has 4 aromatic heterocycles. The molecule has 2 atom stereocenters. The number of ether oxygens (including phenoxy) is 5. The summed E-state index contributed by atoms with van der Waals surface area (Å²) >= 11 is 0. The molecular weight excluding hydrogens is 953 g/mol. The number of rotatable bonds is 21. The number of Topliss-reactive ketones (excluding diaryl/α,β-unsaturated/α-hetero) is 2. The fourth-order valence-corrected chi connectivity index (χ4v) is 11.2. The van der Waals surface area contributed by atoms with Gasteiger partial charge in [0.1, 0.15) is 17.3 Å². The molecule has 0 spiro atoms. The van der Waals surface area contributed by atoms with Gasteiger partial charge < -0.3 is 33.3 Å². The summed E-state index contributed by atoms with van der Waals surface area (Å²) in [6.07, 6.45) is 14.7. The predicted molar refractivity (Wildman–Crippen MR) is 297 cm³/mol. The Morgan fingerprint density at radius 2 is 1.20 bits per heavy atom. The van der Waals surface area contributed by atoms with Crippen LogP contribution < -0.4 is 14.2 Å². The van der Waals surface area contributed by atoms with Crippen LogP contribution in [0.1, 0.15) is 165 Å². The largest absolute Gasteiger partial charge is 0.496 e. The third-order valence-electron chi connectivity index (χ3n) is 15.6. The lowest BCUT2D eigenvalue weighted by Gasteiger charge is -2.37. The molecule has 3 aliphatic rings. The molecule has 13 heteroatoms. The Kier molecular flexibility index (Phi) is 19.0. The zero-order valence-corrected chi connectivity index (χ0v) is 46.8. The summed E-state index contributed by atoms with van der Waals surface area (Å²) in [5, 5.41) is 9.45. The molecule has 1 saturated heterocycles. The molecule has 2 aliphatic carbocycles. The van der Waals surface area contributed by atoms with Crippen molar-refractivity contribution >= 4 is 11.6 Å². The lowest BCUT2D eigenvalue weighted by Crippen LogP contribution is -2.35. The molecule has 76 heavy (non-hydrogen) atoms. The molecule has 5 heterocycles. The average molecular weight is 1040 g/mol. The molecule has 0 bridgehead atoms. The molecule has 13 nitrogen and oxygen atoms in total. The summed E-state index contributed by atoms with van der Waals surface area (Å²) in [5.74, 6) is 2.55. The van der Waals surface area contributed by atoms with Gasteiger partial charge in [0.25, 0.3) is 0 Å². The number of carbonyl (C=O) groups excluding carboxylic acids is 2. The Bertz CT molecular complexity index is 2910. The van der Waals surface area contributed by atoms with Crippen LogP contribution in [-0.2, 0) is 95.5 Å². The molecule has 406 valence electrons. The van der Waals surface area contributed by atoms with Crippen LogP contribution in [0.15, 0.2) is 78.9 Å². The topological polar surface area (TPSA) is 142 Å². The fraction of sp³-hybridized carbons (Fsp3) is 0.524. The van der Waals surface area contributed by atoms with E-state index >= 15 is 0 Å². The van der Waals surface area contributed by atoms with Crippen molar-refractivity contribution in [2.75, 3.05) is 40.6 Å². The minimum atomic E-state index is -0.404. The smallest absolute Gasteiger partial charge is 0.211 e. The second-order valence-corrected chi connectivity index (χ2v) is 22.4. The van der Waals surface area contributed by atoms with Crippen molar-refractivity contribution in [3.05, 3.63) is 146 Å². The van der Waals surface area contributed by atoms with Gasteiger partial charge in [0.05, 0.1) is 37.3 Å². The molecule has 0 amide bonds. The van der Waals surface area contributed by atoms with Gasteiger partial charge in [-0.2, -0.15) is 10.2 Å². The molecule has 0 radical (unpaired) electrons. The van der Waals surface area contributed by atoms with Crippen LogP contribution in [0, 0.1) is 0 Å². The number of ketones is 2. The summed E-state index contributed by atoms with van der Waals surface area (Å²) < 4.78 is 33.3. The minimum absolute atomic E-state index is 0.0652. The van der Waals surface area contributed by atoms with Crippen LogP contribution in [0.4, 0.5) is 0 Å². The van der Waals surface area contributed by atoms with E-state index < -0.39 is 5.60 Å². The summed E-state index contributed by atoms with van der Waals surface area (Å²) in [5.41, 5.74) is 13.5. The number of aryl methyl sites for hydroxylation is 6. The second-order valence-electron chi connectivity index (χ2n) is 22.4. The molecule has 2 unspecified atom stereocenters. The molecule has 1 aliphatic heterocycles. The first kappa shape index (κ1) is 56.0. The Morgan fingerprint density at radius 1 is 0.658 bits per heavy atom. The quantitative estimate of drug-likeness (QED) is 0.0680. The molecular formula is C63H82N6O7. The predicted octanol–water partition coefficient (Wildman–Crippen LogP) is 11.2. The standard InChI is InChI=1S/C33H43N3O5.C30H39N3O2/c1-23(37)19-25(29-21-26(10-12-31(29)38-3)33(39-4)14-17-40-18-15-33)20-28-22-32(36(2)35-28)41-16-13-27-11-9-24-7-5-6-8-30(24)34-27;1-21(34)17-24(23-10-8-11-25(18-23)30(2,3)4)19-27-20-29(33(5)32-27)35-16-15-26-14-13-22-9-6-7-12-28(22)31-26/h9-12,21-22,25H,5-8,13-20H2,1-4H3;8,10-11,13-14,18,20,24H,6-7,9,12,15-17,19H2,1-5H3. The van der Waals surface area contributed by atoms with Crippen LogP contribution in [0.5, 0.6) is 17.5 Å². The number of carbonyl (C=O) groups is 2. The first-order chi connectivity index (χ1) is 36.6. The Morgan fingerprint density at radius 3 is 1.72 bits per heavy atom. The highest BCUT2D eigenvalue weighted by atomic mass is 16.5. The number of hydrogen-bond acceptors (Lipinski definition) is 11. The van der Waals surface area contributed by atoms with Crippen molar-refractivity contribution in [2.45, 2.75) is 160 Å². The van der Waals surface area contributed by atoms with Crippen LogP contribution >= 0.6 is 0 Å². The van der Waals surface area contributed by atoms with Gasteiger partial charge in [-0.05, 0) is 153 Å². The van der Waals surface area contributed by atoms with E-state index in [0.29, 0.717) is 58.0 Å². The zero-order chi connectivity index (χ0) is 53.8. The van der Waals surface area contributed by atoms with Crippen molar-refractivity contribution in [2.24, 2.45) is 14.1 Å². The molecule has 2 aromatic carbocycles. The van der Waals surface area contributed by atoms with Gasteiger partial charge in [0, 0.05) is 108 Å². The van der Waals surface area contributed by atoms with Gasteiger partial charge in [-0.25, -0.2) is 9.36 Å². The third-order valence-corrected chi connectivity index (χ3v) is 15.6. The van der Waals surface area contributed by atoms with E-state index in [1.165, 1.54) is 59.3 Å². The highest BCUT2D eigenvalue weighted by Crippen LogP contribution is 2.41. The lowest BCUT2D eigenvalue weighted by molar-refractivity contribution is -0.118. The molecule has 1 fully saturated rings. The number of methoxy groups -OCH3 is 2. The minimum Gasteiger partial charge on any atom is -0.496 e. The van der Waals surface area contributed by atoms with Gasteiger partial charge >= 0.3 is 0 Å². The van der Waals surface area contributed by atoms with Crippen LogP contribution in [0.2, 0.25) is 0 Å². The van der Waals surface area contributed by atoms with Crippen molar-refractivity contribution in [1.29, 1.82) is 0 Å². The summed E-state index contributed by atoms with van der Waals surface area (Å²) in [6.45, 7) is 12.4. The van der Waals surface area contributed by atoms with E-state index in [1.807, 2.05) is 32.3 Å². The van der Waals surface area contributed by atoms with Crippen molar-refractivity contribution < 1.29 is 33.3 Å². The number of aromatic nitrogens is 6. The Labute approximate surface area is 451 Å². The van der Waals surface area contributed by atoms with Crippen molar-refractivity contribution in [3.63, 3.8) is 0 Å². The molecule has 9 rings (SSSR count). The maximum Gasteiger partial charge on any atom is 0.211 e. The number of benzene rings is 2. The second kappa shape index (κ2) is 25.8. The monoisotopic (exact) mass is 1030 g/mol. The van der Waals surface area contributed by atoms with Crippen molar-refractivity contribution in [1.82, 2.24) is 29.5 Å². The highest BCUT2D eigenvalue weighted by Gasteiger charge is 2.36. The summed E-state index contributed by atoms with van der Waals surface area (Å²) in [7, 11) is 7.24. The Balaban J connectivity index is 0.000000204. The van der Waals surface area contributed by atoms with Gasteiger partial charge in [-0.3, -0.25) is 9.97 Å². The average Bonchev–Trinajstić information content (AvgIpc) is 3.96. The van der Waals surface area contributed by atoms with E-state index in [0.717, 1.165) is 96.9 Å². The maximum atomic E-state index is 12.4. The third kappa shape index (κ3) is 14.6. The van der Waals surface area contributed by atoms with Gasteiger partial charge in [-0.1, -0.05) is 63.2 Å². The molecule has 6 aromatic rings. The van der Waals surface area contributed by atoms with E-state index in [9.17, 15) is 9.59 Å². The van der Waals surface area contributed by atoms with Gasteiger partial charge in [-0.15, -0.1) is 0 Å². The normalized spacial score (nSPS) is 15.9. The van der Waals surface area contributed by atoms with E-state index in [4.69, 9.17) is 43.8 Å². The van der Waals surface area contributed by atoms with Crippen LogP contribution in [-0.4, -0.2) is 81.7 Å². The van der Waals surface area contributed by atoms with E-state index in [1.54, 1.807) is 37.4 Å². The zero-order valence-electron chi connectivity index (χ0n) is 46.8. The fourth-order valence-electron chi connectivity index (χ4n) is 11.2. The van der Waals surface area contributed by atoms with E-state index in [-0.39, 0.29) is 28.8 Å². The highest BCUT2D eigenvalue weighted by molar-refractivity contribution is 5.77. The first-order valence-corrected chi connectivity index (χ1v) is 27.8. The Hall–Kier alpha value is -6.18. The van der Waals surface area contributed by atoms with Gasteiger partial charge in [0.15, 0.2) is 0 Å². The number of nitrogens with zero attached hydrogens (tertiary/aromatic N) is 6. The van der Waals surface area contributed by atoms with E-state index in [2.05, 4.69) is 81.4 Å². The molecule has 0 saturated carbocycles. The lowest BCUT2D eigenvalue weighted by atomic mass is 9.82. The van der Waals surface area contributed by atoms with Crippen LogP contribution in [0.3, 0.4) is 0 Å². The summed E-state index contributed by atoms with van der Waals surface area (Å²) in [4.78, 5) is 34.2. The number of hydrogen-bond donors (Lipinski definition) is 0.